The molecule has 0 bridgehead atoms. The highest BCUT2D eigenvalue weighted by Crippen LogP contribution is 2.20. The number of piperidine rings is 1. The van der Waals surface area contributed by atoms with E-state index >= 15 is 0 Å². The van der Waals surface area contributed by atoms with E-state index in [0.717, 1.165) is 19.4 Å². The van der Waals surface area contributed by atoms with Crippen molar-refractivity contribution in [2.75, 3.05) is 18.0 Å². The topological polar surface area (TPSA) is 75.3 Å². The summed E-state index contributed by atoms with van der Waals surface area (Å²) in [4.78, 5) is 10.6. The number of rotatable bonds is 2. The highest BCUT2D eigenvalue weighted by atomic mass is 32.1. The van der Waals surface area contributed by atoms with E-state index < -0.39 is 0 Å². The fourth-order valence-corrected chi connectivity index (χ4v) is 2.03. The molecule has 1 aromatic heterocycles. The van der Waals surface area contributed by atoms with Crippen LogP contribution in [-0.4, -0.2) is 39.3 Å². The SMILES string of the molecule is NC(=S)c1nccnc1N1CCCC(O)C1. The van der Waals surface area contributed by atoms with Crippen LogP contribution in [0.25, 0.3) is 0 Å². The molecule has 0 radical (unpaired) electrons. The molecule has 16 heavy (non-hydrogen) atoms. The lowest BCUT2D eigenvalue weighted by atomic mass is 10.1. The summed E-state index contributed by atoms with van der Waals surface area (Å²) in [5, 5.41) is 9.62. The number of aliphatic hydroxyl groups is 1. The van der Waals surface area contributed by atoms with E-state index in [9.17, 15) is 5.11 Å². The van der Waals surface area contributed by atoms with Crippen molar-refractivity contribution in [3.05, 3.63) is 18.1 Å². The van der Waals surface area contributed by atoms with Crippen LogP contribution in [0, 0.1) is 0 Å². The Balaban J connectivity index is 2.28. The Bertz CT molecular complexity index is 398. The lowest BCUT2D eigenvalue weighted by Crippen LogP contribution is -2.40. The van der Waals surface area contributed by atoms with Crippen LogP contribution in [0.3, 0.4) is 0 Å². The van der Waals surface area contributed by atoms with Crippen molar-refractivity contribution in [1.29, 1.82) is 0 Å². The third-order valence-corrected chi connectivity index (χ3v) is 2.80. The number of β-amino-alcohol motifs (C(OH)–C–C–N with tert-alkyl or cyclic N) is 1. The van der Waals surface area contributed by atoms with Crippen LogP contribution in [0.1, 0.15) is 18.5 Å². The zero-order chi connectivity index (χ0) is 11.5. The van der Waals surface area contributed by atoms with Crippen LogP contribution in [0.15, 0.2) is 12.4 Å². The van der Waals surface area contributed by atoms with E-state index in [1.54, 1.807) is 12.4 Å². The van der Waals surface area contributed by atoms with Crippen molar-refractivity contribution in [3.8, 4) is 0 Å². The summed E-state index contributed by atoms with van der Waals surface area (Å²) in [6, 6.07) is 0. The molecule has 1 fully saturated rings. The molecule has 2 heterocycles. The quantitative estimate of drug-likeness (QED) is 0.710. The molecular formula is C10H14N4OS. The molecule has 0 spiro atoms. The van der Waals surface area contributed by atoms with Crippen LogP contribution in [0.4, 0.5) is 5.82 Å². The molecule has 6 heteroatoms. The van der Waals surface area contributed by atoms with Gasteiger partial charge in [-0.1, -0.05) is 12.2 Å². The second-order valence-corrected chi connectivity index (χ2v) is 4.27. The molecule has 0 aromatic carbocycles. The monoisotopic (exact) mass is 238 g/mol. The second-order valence-electron chi connectivity index (χ2n) is 3.83. The summed E-state index contributed by atoms with van der Waals surface area (Å²) >= 11 is 4.93. The van der Waals surface area contributed by atoms with Crippen molar-refractivity contribution in [3.63, 3.8) is 0 Å². The number of hydrogen-bond acceptors (Lipinski definition) is 5. The third kappa shape index (κ3) is 2.28. The molecule has 3 N–H and O–H groups in total. The number of aromatic nitrogens is 2. The third-order valence-electron chi connectivity index (χ3n) is 2.61. The van der Waals surface area contributed by atoms with Gasteiger partial charge in [-0.3, -0.25) is 0 Å². The molecule has 1 aliphatic rings. The van der Waals surface area contributed by atoms with E-state index in [1.165, 1.54) is 0 Å². The van der Waals surface area contributed by atoms with Gasteiger partial charge in [0.1, 0.15) is 10.7 Å². The number of nitrogens with two attached hydrogens (primary N) is 1. The summed E-state index contributed by atoms with van der Waals surface area (Å²) in [6.45, 7) is 1.42. The summed E-state index contributed by atoms with van der Waals surface area (Å²) in [7, 11) is 0. The Kier molecular flexibility index (Phi) is 3.31. The van der Waals surface area contributed by atoms with Gasteiger partial charge in [0.25, 0.3) is 0 Å². The van der Waals surface area contributed by atoms with Crippen molar-refractivity contribution in [2.45, 2.75) is 18.9 Å². The first-order valence-corrected chi connectivity index (χ1v) is 5.63. The predicted molar refractivity (Wildman–Crippen MR) is 65.4 cm³/mol. The Morgan fingerprint density at radius 2 is 2.25 bits per heavy atom. The molecule has 0 amide bonds. The van der Waals surface area contributed by atoms with Crippen LogP contribution in [0.2, 0.25) is 0 Å². The number of thiocarbonyl (C=S) groups is 1. The van der Waals surface area contributed by atoms with Gasteiger partial charge in [-0.2, -0.15) is 0 Å². The molecule has 0 aliphatic carbocycles. The smallest absolute Gasteiger partial charge is 0.157 e. The van der Waals surface area contributed by atoms with Gasteiger partial charge in [0.05, 0.1) is 6.10 Å². The maximum atomic E-state index is 9.62. The Labute approximate surface area is 99.3 Å². The molecule has 1 atom stereocenters. The highest BCUT2D eigenvalue weighted by Gasteiger charge is 2.22. The normalized spacial score (nSPS) is 20.8. The first-order valence-electron chi connectivity index (χ1n) is 5.22. The van der Waals surface area contributed by atoms with Gasteiger partial charge >= 0.3 is 0 Å². The van der Waals surface area contributed by atoms with Crippen molar-refractivity contribution in [1.82, 2.24) is 9.97 Å². The van der Waals surface area contributed by atoms with Crippen molar-refractivity contribution >= 4 is 23.0 Å². The Morgan fingerprint density at radius 1 is 1.50 bits per heavy atom. The molecule has 5 nitrogen and oxygen atoms in total. The number of anilines is 1. The Hall–Kier alpha value is -1.27. The number of nitrogens with zero attached hydrogens (tertiary/aromatic N) is 3. The fraction of sp³-hybridized carbons (Fsp3) is 0.500. The molecule has 0 saturated carbocycles. The van der Waals surface area contributed by atoms with Gasteiger partial charge in [-0.05, 0) is 12.8 Å². The summed E-state index contributed by atoms with van der Waals surface area (Å²) < 4.78 is 0. The number of aliphatic hydroxyl groups excluding tert-OH is 1. The Morgan fingerprint density at radius 3 is 2.94 bits per heavy atom. The molecule has 1 aromatic rings. The second kappa shape index (κ2) is 4.71. The van der Waals surface area contributed by atoms with Crippen molar-refractivity contribution in [2.24, 2.45) is 5.73 Å². The first-order chi connectivity index (χ1) is 7.68. The fourth-order valence-electron chi connectivity index (χ4n) is 1.88. The molecule has 86 valence electrons. The summed E-state index contributed by atoms with van der Waals surface area (Å²) in [5.41, 5.74) is 6.13. The van der Waals surface area contributed by atoms with Gasteiger partial charge in [0.2, 0.25) is 0 Å². The average molecular weight is 238 g/mol. The van der Waals surface area contributed by atoms with Gasteiger partial charge in [-0.25, -0.2) is 9.97 Å². The maximum Gasteiger partial charge on any atom is 0.157 e. The van der Waals surface area contributed by atoms with Gasteiger partial charge < -0.3 is 15.7 Å². The molecule has 1 aliphatic heterocycles. The maximum absolute atomic E-state index is 9.62. The van der Waals surface area contributed by atoms with Crippen molar-refractivity contribution < 1.29 is 5.11 Å². The predicted octanol–water partition coefficient (Wildman–Crippen LogP) is 0.0719. The minimum Gasteiger partial charge on any atom is -0.391 e. The highest BCUT2D eigenvalue weighted by molar-refractivity contribution is 7.80. The van der Waals surface area contributed by atoms with E-state index in [-0.39, 0.29) is 11.1 Å². The molecular weight excluding hydrogens is 224 g/mol. The summed E-state index contributed by atoms with van der Waals surface area (Å²) in [6.07, 6.45) is 4.64. The van der Waals surface area contributed by atoms with E-state index in [1.807, 2.05) is 4.90 Å². The van der Waals surface area contributed by atoms with E-state index in [0.29, 0.717) is 18.1 Å². The van der Waals surface area contributed by atoms with Gasteiger partial charge in [-0.15, -0.1) is 0 Å². The van der Waals surface area contributed by atoms with Gasteiger partial charge in [0.15, 0.2) is 5.82 Å². The van der Waals surface area contributed by atoms with E-state index in [4.69, 9.17) is 18.0 Å². The minimum absolute atomic E-state index is 0.239. The molecule has 2 rings (SSSR count). The zero-order valence-electron chi connectivity index (χ0n) is 8.83. The molecule has 1 unspecified atom stereocenters. The van der Waals surface area contributed by atoms with Crippen LogP contribution < -0.4 is 10.6 Å². The first kappa shape index (κ1) is 11.2. The summed E-state index contributed by atoms with van der Waals surface area (Å²) in [5.74, 6) is 0.675. The standard InChI is InChI=1S/C10H14N4OS/c11-9(16)8-10(13-4-3-12-8)14-5-1-2-7(15)6-14/h3-4,7,15H,1-2,5-6H2,(H2,11,16). The molecule has 1 saturated heterocycles. The van der Waals surface area contributed by atoms with Crippen LogP contribution >= 0.6 is 12.2 Å². The van der Waals surface area contributed by atoms with Gasteiger partial charge in [0, 0.05) is 25.5 Å². The largest absolute Gasteiger partial charge is 0.391 e. The van der Waals surface area contributed by atoms with E-state index in [2.05, 4.69) is 9.97 Å². The minimum atomic E-state index is -0.310. The lowest BCUT2D eigenvalue weighted by Gasteiger charge is -2.31. The number of hydrogen-bond donors (Lipinski definition) is 2. The van der Waals surface area contributed by atoms with Crippen LogP contribution in [0.5, 0.6) is 0 Å². The lowest BCUT2D eigenvalue weighted by molar-refractivity contribution is 0.154. The average Bonchev–Trinajstić information content (AvgIpc) is 2.29. The van der Waals surface area contributed by atoms with Crippen LogP contribution in [-0.2, 0) is 0 Å². The zero-order valence-corrected chi connectivity index (χ0v) is 9.65.